The number of benzene rings is 2. The summed E-state index contributed by atoms with van der Waals surface area (Å²) < 4.78 is 5.09. The van der Waals surface area contributed by atoms with Gasteiger partial charge in [0, 0.05) is 12.3 Å². The number of carbonyl (C=O) groups is 1. The number of esters is 1. The fourth-order valence-electron chi connectivity index (χ4n) is 4.36. The van der Waals surface area contributed by atoms with Gasteiger partial charge in [0.15, 0.2) is 11.5 Å². The van der Waals surface area contributed by atoms with Gasteiger partial charge in [-0.25, -0.2) is 4.79 Å². The molecule has 3 aromatic rings. The first-order valence-electron chi connectivity index (χ1n) is 11.6. The number of aromatic amines is 1. The van der Waals surface area contributed by atoms with Crippen LogP contribution in [0.1, 0.15) is 61.3 Å². The van der Waals surface area contributed by atoms with Crippen molar-refractivity contribution in [2.24, 2.45) is 5.92 Å². The summed E-state index contributed by atoms with van der Waals surface area (Å²) in [4.78, 5) is 14.9. The van der Waals surface area contributed by atoms with Gasteiger partial charge < -0.3 is 14.8 Å². The van der Waals surface area contributed by atoms with E-state index in [1.54, 1.807) is 6.08 Å². The summed E-state index contributed by atoms with van der Waals surface area (Å²) in [5.41, 5.74) is 4.15. The first kappa shape index (κ1) is 21.2. The number of aromatic nitrogens is 3. The number of rotatable bonds is 8. The molecule has 1 aliphatic carbocycles. The van der Waals surface area contributed by atoms with Crippen LogP contribution in [0.4, 0.5) is 0 Å². The van der Waals surface area contributed by atoms with Gasteiger partial charge in [0.1, 0.15) is 11.6 Å². The molecule has 1 atom stereocenters. The van der Waals surface area contributed by atoms with Crippen molar-refractivity contribution in [3.63, 3.8) is 0 Å². The van der Waals surface area contributed by atoms with E-state index in [4.69, 9.17) is 4.74 Å². The van der Waals surface area contributed by atoms with Crippen molar-refractivity contribution >= 4 is 12.0 Å². The number of aliphatic hydroxyl groups excluding tert-OH is 1. The molecule has 2 heterocycles. The Hall–Kier alpha value is -3.67. The van der Waals surface area contributed by atoms with E-state index in [-0.39, 0.29) is 17.4 Å². The third-order valence-corrected chi connectivity index (χ3v) is 6.25. The van der Waals surface area contributed by atoms with Gasteiger partial charge in [0.05, 0.1) is 6.08 Å². The Morgan fingerprint density at radius 2 is 1.94 bits per heavy atom. The van der Waals surface area contributed by atoms with Crippen LogP contribution in [-0.2, 0) is 16.0 Å². The third kappa shape index (κ3) is 4.60. The highest BCUT2D eigenvalue weighted by molar-refractivity contribution is 5.89. The van der Waals surface area contributed by atoms with E-state index >= 15 is 0 Å². The monoisotopic (exact) mass is 441 g/mol. The van der Waals surface area contributed by atoms with Crippen molar-refractivity contribution in [2.75, 3.05) is 0 Å². The molecule has 0 bridgehead atoms. The summed E-state index contributed by atoms with van der Waals surface area (Å²) in [5.74, 6) is 2.24. The minimum Gasteiger partial charge on any atom is -0.504 e. The Morgan fingerprint density at radius 1 is 1.15 bits per heavy atom. The maximum atomic E-state index is 11.4. The molecular formula is C27H27N3O3. The van der Waals surface area contributed by atoms with E-state index in [0.717, 1.165) is 53.7 Å². The number of H-pyrrole nitrogens is 1. The normalized spacial score (nSPS) is 17.8. The van der Waals surface area contributed by atoms with Crippen molar-refractivity contribution in [1.82, 2.24) is 15.2 Å². The molecule has 0 amide bonds. The standard InChI is InChI=1S/C27H27N3O3/c1-2-3-8-24-28-27(30-29-24)26(19-13-14-19)18-11-9-17(10-12-18)21-7-5-4-6-20(21)15-23-22(31)16-25(32)33-23/h4-7,9-12,15-16,19,26,31H,2-3,8,13-14H2,1H3,(H,28,29,30)/b23-15-. The maximum Gasteiger partial charge on any atom is 0.340 e. The molecular weight excluding hydrogens is 414 g/mol. The minimum atomic E-state index is -0.558. The SMILES string of the molecule is CCCCc1nnc(C(c2ccc(-c3ccccc3/C=C3\OC(=O)C=C3O)cc2)C2CC2)[nH]1. The Labute approximate surface area is 193 Å². The van der Waals surface area contributed by atoms with Gasteiger partial charge in [-0.3, -0.25) is 0 Å². The lowest BCUT2D eigenvalue weighted by Gasteiger charge is -2.15. The molecule has 168 valence electrons. The molecule has 2 N–H and O–H groups in total. The smallest absolute Gasteiger partial charge is 0.340 e. The molecule has 1 aliphatic heterocycles. The van der Waals surface area contributed by atoms with Crippen LogP contribution in [-0.4, -0.2) is 26.3 Å². The van der Waals surface area contributed by atoms with Crippen LogP contribution in [0.15, 0.2) is 66.1 Å². The second kappa shape index (κ2) is 9.06. The number of ether oxygens (including phenoxy) is 1. The summed E-state index contributed by atoms with van der Waals surface area (Å²) in [6.45, 7) is 2.18. The molecule has 6 heteroatoms. The average molecular weight is 442 g/mol. The first-order chi connectivity index (χ1) is 16.1. The molecule has 6 nitrogen and oxygen atoms in total. The van der Waals surface area contributed by atoms with Gasteiger partial charge in [-0.05, 0) is 53.5 Å². The van der Waals surface area contributed by atoms with Crippen molar-refractivity contribution in [3.8, 4) is 11.1 Å². The van der Waals surface area contributed by atoms with Crippen LogP contribution in [0, 0.1) is 5.92 Å². The predicted octanol–water partition coefficient (Wildman–Crippen LogP) is 5.70. The van der Waals surface area contributed by atoms with Gasteiger partial charge in [0.2, 0.25) is 0 Å². The number of hydrogen-bond donors (Lipinski definition) is 2. The van der Waals surface area contributed by atoms with Crippen LogP contribution in [0.5, 0.6) is 0 Å². The van der Waals surface area contributed by atoms with E-state index in [1.165, 1.54) is 18.4 Å². The molecule has 1 fully saturated rings. The molecule has 1 aromatic heterocycles. The highest BCUT2D eigenvalue weighted by atomic mass is 16.6. The van der Waals surface area contributed by atoms with Crippen LogP contribution in [0.25, 0.3) is 17.2 Å². The summed E-state index contributed by atoms with van der Waals surface area (Å²) in [6.07, 6.45) is 8.39. The number of nitrogens with one attached hydrogen (secondary N) is 1. The van der Waals surface area contributed by atoms with Crippen molar-refractivity contribution in [3.05, 3.63) is 88.9 Å². The van der Waals surface area contributed by atoms with Crippen molar-refractivity contribution in [1.29, 1.82) is 0 Å². The van der Waals surface area contributed by atoms with Crippen LogP contribution in [0.2, 0.25) is 0 Å². The van der Waals surface area contributed by atoms with Gasteiger partial charge in [-0.2, -0.15) is 0 Å². The summed E-state index contributed by atoms with van der Waals surface area (Å²) >= 11 is 0. The molecule has 0 spiro atoms. The fourth-order valence-corrected chi connectivity index (χ4v) is 4.36. The van der Waals surface area contributed by atoms with Gasteiger partial charge in [0.25, 0.3) is 0 Å². The maximum absolute atomic E-state index is 11.4. The quantitative estimate of drug-likeness (QED) is 0.438. The van der Waals surface area contributed by atoms with E-state index in [0.29, 0.717) is 5.92 Å². The highest BCUT2D eigenvalue weighted by Crippen LogP contribution is 2.45. The van der Waals surface area contributed by atoms with Crippen molar-refractivity contribution < 1.29 is 14.6 Å². The summed E-state index contributed by atoms with van der Waals surface area (Å²) in [7, 11) is 0. The second-order valence-corrected chi connectivity index (χ2v) is 8.74. The van der Waals surface area contributed by atoms with E-state index in [1.807, 2.05) is 24.3 Å². The number of cyclic esters (lactones) is 1. The van der Waals surface area contributed by atoms with Crippen molar-refractivity contribution in [2.45, 2.75) is 44.9 Å². The number of aliphatic hydroxyl groups is 1. The molecule has 1 saturated carbocycles. The van der Waals surface area contributed by atoms with Crippen LogP contribution < -0.4 is 0 Å². The van der Waals surface area contributed by atoms with Gasteiger partial charge >= 0.3 is 5.97 Å². The zero-order valence-corrected chi connectivity index (χ0v) is 18.6. The van der Waals surface area contributed by atoms with Crippen LogP contribution in [0.3, 0.4) is 0 Å². The molecule has 0 radical (unpaired) electrons. The number of carbonyl (C=O) groups excluding carboxylic acids is 1. The zero-order valence-electron chi connectivity index (χ0n) is 18.6. The predicted molar refractivity (Wildman–Crippen MR) is 126 cm³/mol. The molecule has 0 saturated heterocycles. The fraction of sp³-hybridized carbons (Fsp3) is 0.296. The molecule has 33 heavy (non-hydrogen) atoms. The molecule has 2 aromatic carbocycles. The Bertz CT molecular complexity index is 1220. The third-order valence-electron chi connectivity index (χ3n) is 6.25. The van der Waals surface area contributed by atoms with Gasteiger partial charge in [-0.15, -0.1) is 10.2 Å². The number of aryl methyl sites for hydroxylation is 1. The first-order valence-corrected chi connectivity index (χ1v) is 11.6. The average Bonchev–Trinajstić information content (AvgIpc) is 3.46. The minimum absolute atomic E-state index is 0.150. The molecule has 2 aliphatic rings. The lowest BCUT2D eigenvalue weighted by atomic mass is 9.91. The number of unbranched alkanes of at least 4 members (excludes halogenated alkanes) is 1. The van der Waals surface area contributed by atoms with Gasteiger partial charge in [-0.1, -0.05) is 61.9 Å². The lowest BCUT2D eigenvalue weighted by molar-refractivity contribution is -0.132. The summed E-state index contributed by atoms with van der Waals surface area (Å²) in [6, 6.07) is 16.4. The second-order valence-electron chi connectivity index (χ2n) is 8.74. The summed E-state index contributed by atoms with van der Waals surface area (Å²) in [5, 5.41) is 18.8. The Morgan fingerprint density at radius 3 is 2.64 bits per heavy atom. The molecule has 5 rings (SSSR count). The highest BCUT2D eigenvalue weighted by Gasteiger charge is 2.35. The largest absolute Gasteiger partial charge is 0.504 e. The zero-order chi connectivity index (χ0) is 22.8. The van der Waals surface area contributed by atoms with Crippen LogP contribution >= 0.6 is 0 Å². The molecule has 1 unspecified atom stereocenters. The Balaban J connectivity index is 1.42. The number of hydrogen-bond acceptors (Lipinski definition) is 5. The van der Waals surface area contributed by atoms with E-state index in [2.05, 4.69) is 46.4 Å². The lowest BCUT2D eigenvalue weighted by Crippen LogP contribution is -2.06. The van der Waals surface area contributed by atoms with E-state index in [9.17, 15) is 9.90 Å². The number of nitrogens with zero attached hydrogens (tertiary/aromatic N) is 2. The topological polar surface area (TPSA) is 88.1 Å². The Kier molecular flexibility index (Phi) is 5.82. The van der Waals surface area contributed by atoms with E-state index < -0.39 is 5.97 Å².